The fraction of sp³-hybridized carbons (Fsp3) is 0.263. The fourth-order valence-electron chi connectivity index (χ4n) is 2.61. The number of benzene rings is 1. The lowest BCUT2D eigenvalue weighted by molar-refractivity contribution is -0.116. The maximum Gasteiger partial charge on any atom is 0.226 e. The Morgan fingerprint density at radius 3 is 3.12 bits per heavy atom. The molecule has 1 N–H and O–H groups in total. The second kappa shape index (κ2) is 7.53. The van der Waals surface area contributed by atoms with Crippen molar-refractivity contribution in [2.24, 2.45) is 5.92 Å². The third-order valence-corrected chi connectivity index (χ3v) is 4.60. The summed E-state index contributed by atoms with van der Waals surface area (Å²) in [7, 11) is 0. The lowest BCUT2D eigenvalue weighted by Crippen LogP contribution is -2.12. The van der Waals surface area contributed by atoms with Crippen molar-refractivity contribution in [3.05, 3.63) is 64.9 Å². The van der Waals surface area contributed by atoms with Gasteiger partial charge in [0.15, 0.2) is 5.13 Å². The second-order valence-corrected chi connectivity index (χ2v) is 6.81. The molecule has 1 heterocycles. The molecule has 2 aromatic rings. The van der Waals surface area contributed by atoms with Gasteiger partial charge in [-0.25, -0.2) is 9.37 Å². The topological polar surface area (TPSA) is 42.0 Å². The minimum absolute atomic E-state index is 0.110. The molecule has 0 spiro atoms. The number of rotatable bonds is 5. The highest BCUT2D eigenvalue weighted by molar-refractivity contribution is 7.14. The van der Waals surface area contributed by atoms with Gasteiger partial charge in [-0.15, -0.1) is 11.3 Å². The number of nitrogens with one attached hydrogen (secondary N) is 1. The Labute approximate surface area is 144 Å². The largest absolute Gasteiger partial charge is 0.302 e. The van der Waals surface area contributed by atoms with Crippen LogP contribution < -0.4 is 5.32 Å². The van der Waals surface area contributed by atoms with Crippen LogP contribution in [-0.2, 0) is 11.2 Å². The maximum atomic E-state index is 13.1. The van der Waals surface area contributed by atoms with Crippen molar-refractivity contribution in [3.63, 3.8) is 0 Å². The van der Waals surface area contributed by atoms with Crippen molar-refractivity contribution in [1.82, 2.24) is 4.98 Å². The summed E-state index contributed by atoms with van der Waals surface area (Å²) >= 11 is 1.42. The zero-order chi connectivity index (χ0) is 16.9. The van der Waals surface area contributed by atoms with E-state index >= 15 is 0 Å². The average Bonchev–Trinajstić information content (AvgIpc) is 3.01. The molecule has 1 atom stereocenters. The molecule has 1 aliphatic carbocycles. The number of hydrogen-bond donors (Lipinski definition) is 1. The zero-order valence-corrected chi connectivity index (χ0v) is 14.3. The van der Waals surface area contributed by atoms with Crippen LogP contribution in [0.2, 0.25) is 0 Å². The summed E-state index contributed by atoms with van der Waals surface area (Å²) in [5, 5.41) is 5.37. The Morgan fingerprint density at radius 2 is 2.33 bits per heavy atom. The number of carbonyl (C=O) groups excluding carboxylic acids is 1. The number of halogens is 1. The molecule has 24 heavy (non-hydrogen) atoms. The summed E-state index contributed by atoms with van der Waals surface area (Å²) in [5.41, 5.74) is 2.81. The van der Waals surface area contributed by atoms with Gasteiger partial charge < -0.3 is 5.32 Å². The molecule has 1 aromatic carbocycles. The Bertz CT molecular complexity index is 794. The van der Waals surface area contributed by atoms with Gasteiger partial charge in [0.25, 0.3) is 0 Å². The van der Waals surface area contributed by atoms with Gasteiger partial charge in [0.1, 0.15) is 5.82 Å². The molecule has 0 fully saturated rings. The number of nitrogens with zero attached hydrogens (tertiary/aromatic N) is 1. The molecule has 3 rings (SSSR count). The highest BCUT2D eigenvalue weighted by Crippen LogP contribution is 2.27. The van der Waals surface area contributed by atoms with Crippen molar-refractivity contribution in [2.75, 3.05) is 5.32 Å². The van der Waals surface area contributed by atoms with Crippen LogP contribution >= 0.6 is 11.3 Å². The van der Waals surface area contributed by atoms with E-state index in [0.29, 0.717) is 23.9 Å². The third-order valence-electron chi connectivity index (χ3n) is 3.85. The number of amides is 1. The molecule has 1 aromatic heterocycles. The first-order chi connectivity index (χ1) is 11.6. The Balaban J connectivity index is 1.56. The van der Waals surface area contributed by atoms with Gasteiger partial charge in [0, 0.05) is 11.8 Å². The Kier molecular flexibility index (Phi) is 5.20. The van der Waals surface area contributed by atoms with Gasteiger partial charge in [0.05, 0.1) is 5.69 Å². The van der Waals surface area contributed by atoms with Crippen LogP contribution in [0.5, 0.6) is 0 Å². The van der Waals surface area contributed by atoms with Crippen LogP contribution in [0.15, 0.2) is 47.9 Å². The number of aryl methyl sites for hydroxylation is 1. The minimum Gasteiger partial charge on any atom is -0.302 e. The summed E-state index contributed by atoms with van der Waals surface area (Å²) in [6, 6.07) is 6.33. The van der Waals surface area contributed by atoms with Gasteiger partial charge in [-0.2, -0.15) is 0 Å². The molecule has 0 radical (unpaired) electrons. The molecule has 0 saturated heterocycles. The smallest absolute Gasteiger partial charge is 0.226 e. The average molecular weight is 342 g/mol. The molecule has 0 saturated carbocycles. The van der Waals surface area contributed by atoms with Gasteiger partial charge in [-0.05, 0) is 42.0 Å². The van der Waals surface area contributed by atoms with Crippen molar-refractivity contribution in [1.29, 1.82) is 0 Å². The van der Waals surface area contributed by atoms with Crippen molar-refractivity contribution < 1.29 is 9.18 Å². The predicted molar refractivity (Wildman–Crippen MR) is 96.4 cm³/mol. The number of carbonyl (C=O) groups is 1. The van der Waals surface area contributed by atoms with Gasteiger partial charge >= 0.3 is 0 Å². The number of anilines is 1. The van der Waals surface area contributed by atoms with E-state index in [9.17, 15) is 9.18 Å². The predicted octanol–water partition coefficient (Wildman–Crippen LogP) is 4.83. The van der Waals surface area contributed by atoms with Crippen LogP contribution in [0.1, 0.15) is 31.0 Å². The SMILES string of the molecule is CC1C=C(c2csc(NC(=O)CCc3cccc(F)c3)n2)C=CC1. The van der Waals surface area contributed by atoms with E-state index in [4.69, 9.17) is 0 Å². The van der Waals surface area contributed by atoms with E-state index in [1.54, 1.807) is 6.07 Å². The van der Waals surface area contributed by atoms with Crippen LogP contribution in [0.25, 0.3) is 5.57 Å². The number of allylic oxidation sites excluding steroid dienone is 4. The Hall–Kier alpha value is -2.27. The summed E-state index contributed by atoms with van der Waals surface area (Å²) in [5.74, 6) is 0.123. The van der Waals surface area contributed by atoms with E-state index in [2.05, 4.69) is 35.5 Å². The highest BCUT2D eigenvalue weighted by atomic mass is 32.1. The van der Waals surface area contributed by atoms with Gasteiger partial charge in [-0.3, -0.25) is 4.79 Å². The quantitative estimate of drug-likeness (QED) is 0.845. The third kappa shape index (κ3) is 4.38. The zero-order valence-electron chi connectivity index (χ0n) is 13.5. The monoisotopic (exact) mass is 342 g/mol. The minimum atomic E-state index is -0.277. The lowest BCUT2D eigenvalue weighted by atomic mass is 9.97. The van der Waals surface area contributed by atoms with Crippen LogP contribution in [0.4, 0.5) is 9.52 Å². The summed E-state index contributed by atoms with van der Waals surface area (Å²) in [6.45, 7) is 2.17. The van der Waals surface area contributed by atoms with Crippen molar-refractivity contribution in [2.45, 2.75) is 26.2 Å². The van der Waals surface area contributed by atoms with E-state index in [-0.39, 0.29) is 11.7 Å². The van der Waals surface area contributed by atoms with Crippen LogP contribution in [0.3, 0.4) is 0 Å². The van der Waals surface area contributed by atoms with E-state index in [0.717, 1.165) is 23.3 Å². The van der Waals surface area contributed by atoms with Gasteiger partial charge in [0.2, 0.25) is 5.91 Å². The van der Waals surface area contributed by atoms with Crippen molar-refractivity contribution in [3.8, 4) is 0 Å². The maximum absolute atomic E-state index is 13.1. The van der Waals surface area contributed by atoms with Crippen molar-refractivity contribution >= 4 is 27.9 Å². The lowest BCUT2D eigenvalue weighted by Gasteiger charge is -2.10. The molecular weight excluding hydrogens is 323 g/mol. The summed E-state index contributed by atoms with van der Waals surface area (Å²) in [6.07, 6.45) is 8.29. The molecule has 5 heteroatoms. The molecular formula is C19H19FN2OS. The molecule has 124 valence electrons. The molecule has 1 unspecified atom stereocenters. The Morgan fingerprint density at radius 1 is 1.46 bits per heavy atom. The molecule has 1 aliphatic rings. The standard InChI is InChI=1S/C19H19FN2OS/c1-13-4-2-6-15(10-13)17-12-24-19(21-17)22-18(23)9-8-14-5-3-7-16(20)11-14/h2-3,5-7,10-13H,4,8-9H2,1H3,(H,21,22,23). The molecule has 3 nitrogen and oxygen atoms in total. The number of aromatic nitrogens is 1. The first kappa shape index (κ1) is 16.6. The van der Waals surface area contributed by atoms with E-state index < -0.39 is 0 Å². The number of hydrogen-bond acceptors (Lipinski definition) is 3. The second-order valence-electron chi connectivity index (χ2n) is 5.95. The summed E-state index contributed by atoms with van der Waals surface area (Å²) < 4.78 is 13.1. The fourth-order valence-corrected chi connectivity index (χ4v) is 3.34. The van der Waals surface area contributed by atoms with E-state index in [1.807, 2.05) is 11.4 Å². The first-order valence-electron chi connectivity index (χ1n) is 7.99. The number of thiazole rings is 1. The highest BCUT2D eigenvalue weighted by Gasteiger charge is 2.11. The molecule has 0 bridgehead atoms. The van der Waals surface area contributed by atoms with Crippen LogP contribution in [-0.4, -0.2) is 10.9 Å². The first-order valence-corrected chi connectivity index (χ1v) is 8.86. The molecule has 0 aliphatic heterocycles. The molecule has 1 amide bonds. The summed E-state index contributed by atoms with van der Waals surface area (Å²) in [4.78, 5) is 16.5. The normalized spacial score (nSPS) is 16.8. The van der Waals surface area contributed by atoms with Gasteiger partial charge in [-0.1, -0.05) is 37.3 Å². The van der Waals surface area contributed by atoms with Crippen LogP contribution in [0, 0.1) is 11.7 Å². The van der Waals surface area contributed by atoms with E-state index in [1.165, 1.54) is 23.5 Å².